The van der Waals surface area contributed by atoms with E-state index in [4.69, 9.17) is 22.1 Å². The normalized spacial score (nSPS) is 10.4. The van der Waals surface area contributed by atoms with Crippen LogP contribution in [0.1, 0.15) is 0 Å². The Labute approximate surface area is 94.8 Å². The first-order valence-corrected chi connectivity index (χ1v) is 4.64. The van der Waals surface area contributed by atoms with Crippen LogP contribution in [-0.4, -0.2) is 26.9 Å². The van der Waals surface area contributed by atoms with Crippen molar-refractivity contribution in [1.82, 2.24) is 19.7 Å². The van der Waals surface area contributed by atoms with Gasteiger partial charge in [-0.3, -0.25) is 4.79 Å². The number of nitrogens with zero attached hydrogens (tertiary/aromatic N) is 3. The van der Waals surface area contributed by atoms with Crippen LogP contribution in [0.15, 0.2) is 17.3 Å². The van der Waals surface area contributed by atoms with Crippen LogP contribution in [0.2, 0.25) is 5.02 Å². The Kier molecular flexibility index (Phi) is 2.53. The molecule has 0 amide bonds. The number of nitrogens with two attached hydrogens (primary N) is 1. The van der Waals surface area contributed by atoms with Gasteiger partial charge in [-0.05, 0) is 0 Å². The fourth-order valence-corrected chi connectivity index (χ4v) is 1.33. The number of halogens is 1. The summed E-state index contributed by atoms with van der Waals surface area (Å²) in [5, 5.41) is 4.18. The smallest absolute Gasteiger partial charge is 0.295 e. The molecule has 8 heteroatoms. The molecule has 0 aromatic carbocycles. The zero-order valence-corrected chi connectivity index (χ0v) is 9.02. The maximum Gasteiger partial charge on any atom is 0.295 e. The summed E-state index contributed by atoms with van der Waals surface area (Å²) < 4.78 is 6.21. The van der Waals surface area contributed by atoms with Crippen molar-refractivity contribution in [2.45, 2.75) is 0 Å². The van der Waals surface area contributed by atoms with Gasteiger partial charge in [0, 0.05) is 0 Å². The highest BCUT2D eigenvalue weighted by Gasteiger charge is 2.13. The largest absolute Gasteiger partial charge is 0.488 e. The molecule has 0 spiro atoms. The zero-order valence-electron chi connectivity index (χ0n) is 8.27. The summed E-state index contributed by atoms with van der Waals surface area (Å²) in [6, 6.07) is 0. The monoisotopic (exact) mass is 241 g/mol. The minimum absolute atomic E-state index is 0.0432. The van der Waals surface area contributed by atoms with Gasteiger partial charge < -0.3 is 15.5 Å². The Hall–Kier alpha value is -2.02. The van der Waals surface area contributed by atoms with E-state index in [1.165, 1.54) is 24.3 Å². The molecule has 0 saturated carbocycles. The van der Waals surface area contributed by atoms with E-state index in [0.717, 1.165) is 0 Å². The molecule has 3 N–H and O–H groups in total. The molecule has 2 rings (SSSR count). The summed E-state index contributed by atoms with van der Waals surface area (Å²) >= 11 is 5.75. The van der Waals surface area contributed by atoms with Gasteiger partial charge in [-0.25, -0.2) is 9.67 Å². The molecular formula is C8H8ClN5O2. The molecule has 84 valence electrons. The minimum Gasteiger partial charge on any atom is -0.488 e. The van der Waals surface area contributed by atoms with Crippen molar-refractivity contribution in [3.05, 3.63) is 27.9 Å². The van der Waals surface area contributed by atoms with Gasteiger partial charge >= 0.3 is 0 Å². The van der Waals surface area contributed by atoms with Crippen molar-refractivity contribution in [2.24, 2.45) is 0 Å². The number of ether oxygens (including phenoxy) is 1. The van der Waals surface area contributed by atoms with E-state index in [1.807, 2.05) is 0 Å². The number of nitrogen functional groups attached to an aromatic ring is 1. The lowest BCUT2D eigenvalue weighted by atomic mass is 10.5. The molecule has 16 heavy (non-hydrogen) atoms. The molecule has 7 nitrogen and oxygen atoms in total. The van der Waals surface area contributed by atoms with Gasteiger partial charge in [-0.2, -0.15) is 0 Å². The molecule has 0 aliphatic rings. The Morgan fingerprint density at radius 1 is 1.62 bits per heavy atom. The number of methoxy groups -OCH3 is 1. The van der Waals surface area contributed by atoms with Crippen molar-refractivity contribution >= 4 is 17.4 Å². The lowest BCUT2D eigenvalue weighted by molar-refractivity contribution is 0.402. The van der Waals surface area contributed by atoms with Crippen LogP contribution >= 0.6 is 11.6 Å². The number of hydrogen-bond donors (Lipinski definition) is 2. The average molecular weight is 242 g/mol. The van der Waals surface area contributed by atoms with Crippen LogP contribution < -0.4 is 16.0 Å². The second-order valence-corrected chi connectivity index (χ2v) is 3.30. The second-order valence-electron chi connectivity index (χ2n) is 2.90. The Balaban J connectivity index is 2.64. The first-order valence-electron chi connectivity index (χ1n) is 4.26. The van der Waals surface area contributed by atoms with E-state index in [-0.39, 0.29) is 22.4 Å². The van der Waals surface area contributed by atoms with Gasteiger partial charge in [0.25, 0.3) is 5.56 Å². The second kappa shape index (κ2) is 3.86. The van der Waals surface area contributed by atoms with E-state index in [1.54, 1.807) is 0 Å². The number of aromatic nitrogens is 4. The van der Waals surface area contributed by atoms with Gasteiger partial charge in [0.1, 0.15) is 5.02 Å². The molecule has 0 aliphatic carbocycles. The van der Waals surface area contributed by atoms with Crippen LogP contribution in [0.5, 0.6) is 5.75 Å². The molecule has 0 fully saturated rings. The number of anilines is 1. The third-order valence-electron chi connectivity index (χ3n) is 1.91. The van der Waals surface area contributed by atoms with Crippen LogP contribution in [0.4, 0.5) is 5.82 Å². The summed E-state index contributed by atoms with van der Waals surface area (Å²) in [5.41, 5.74) is 5.08. The summed E-state index contributed by atoms with van der Waals surface area (Å²) in [6.07, 6.45) is 2.69. The Bertz CT molecular complexity index is 557. The van der Waals surface area contributed by atoms with Gasteiger partial charge in [0.2, 0.25) is 11.6 Å². The number of hydrogen-bond acceptors (Lipinski definition) is 5. The van der Waals surface area contributed by atoms with E-state index in [9.17, 15) is 4.79 Å². The van der Waals surface area contributed by atoms with Crippen molar-refractivity contribution in [2.75, 3.05) is 12.8 Å². The van der Waals surface area contributed by atoms with Gasteiger partial charge in [0.05, 0.1) is 19.6 Å². The molecule has 0 bridgehead atoms. The minimum atomic E-state index is -0.405. The summed E-state index contributed by atoms with van der Waals surface area (Å²) in [7, 11) is 1.37. The third kappa shape index (κ3) is 1.61. The fraction of sp³-hybridized carbons (Fsp3) is 0.125. The zero-order chi connectivity index (χ0) is 11.7. The predicted octanol–water partition coefficient (Wildman–Crippen LogP) is 0.200. The van der Waals surface area contributed by atoms with Crippen molar-refractivity contribution < 1.29 is 4.74 Å². The van der Waals surface area contributed by atoms with Crippen molar-refractivity contribution in [3.63, 3.8) is 0 Å². The lowest BCUT2D eigenvalue weighted by Gasteiger charge is -2.04. The molecule has 2 aromatic heterocycles. The Morgan fingerprint density at radius 3 is 2.94 bits per heavy atom. The fourth-order valence-electron chi connectivity index (χ4n) is 1.20. The van der Waals surface area contributed by atoms with Gasteiger partial charge in [-0.1, -0.05) is 11.6 Å². The number of nitrogens with one attached hydrogen (secondary N) is 1. The van der Waals surface area contributed by atoms with E-state index < -0.39 is 5.56 Å². The number of H-pyrrole nitrogens is 1. The third-order valence-corrected chi connectivity index (χ3v) is 2.20. The van der Waals surface area contributed by atoms with Crippen LogP contribution in [0.3, 0.4) is 0 Å². The number of aromatic amines is 1. The van der Waals surface area contributed by atoms with Crippen molar-refractivity contribution in [3.8, 4) is 11.6 Å². The maximum atomic E-state index is 11.4. The van der Waals surface area contributed by atoms with Crippen molar-refractivity contribution in [1.29, 1.82) is 0 Å². The molecule has 0 radical (unpaired) electrons. The molecule has 2 heterocycles. The summed E-state index contributed by atoms with van der Waals surface area (Å²) in [4.78, 5) is 17.7. The molecule has 0 atom stereocenters. The van der Waals surface area contributed by atoms with Gasteiger partial charge in [-0.15, -0.1) is 5.10 Å². The maximum absolute atomic E-state index is 11.4. The summed E-state index contributed by atoms with van der Waals surface area (Å²) in [6.45, 7) is 0. The topological polar surface area (TPSA) is 98.8 Å². The van der Waals surface area contributed by atoms with Gasteiger partial charge in [0.15, 0.2) is 5.82 Å². The number of rotatable bonds is 2. The molecular weight excluding hydrogens is 234 g/mol. The molecule has 2 aromatic rings. The standard InChI is InChI=1S/C8H8ClN5O2/c1-16-5-7(11-3-12-8(5)15)14-2-4(9)6(10)13-14/h2-3H,1H3,(H2,10,13)(H,11,12,15). The SMILES string of the molecule is COc1c(-n2cc(Cl)c(N)n2)nc[nH]c1=O. The van der Waals surface area contributed by atoms with E-state index in [2.05, 4.69) is 15.1 Å². The highest BCUT2D eigenvalue weighted by Crippen LogP contribution is 2.20. The van der Waals surface area contributed by atoms with Crippen LogP contribution in [0, 0.1) is 0 Å². The van der Waals surface area contributed by atoms with E-state index >= 15 is 0 Å². The molecule has 0 unspecified atom stereocenters. The quantitative estimate of drug-likeness (QED) is 0.783. The average Bonchev–Trinajstić information content (AvgIpc) is 2.59. The lowest BCUT2D eigenvalue weighted by Crippen LogP contribution is -2.14. The highest BCUT2D eigenvalue weighted by molar-refractivity contribution is 6.32. The van der Waals surface area contributed by atoms with Crippen LogP contribution in [0.25, 0.3) is 5.82 Å². The summed E-state index contributed by atoms with van der Waals surface area (Å²) in [5.74, 6) is 0.428. The van der Waals surface area contributed by atoms with E-state index in [0.29, 0.717) is 0 Å². The highest BCUT2D eigenvalue weighted by atomic mass is 35.5. The molecule has 0 aliphatic heterocycles. The predicted molar refractivity (Wildman–Crippen MR) is 58.0 cm³/mol. The van der Waals surface area contributed by atoms with Crippen LogP contribution in [-0.2, 0) is 0 Å². The first-order chi connectivity index (χ1) is 7.63. The first kappa shape index (κ1) is 10.5. The Morgan fingerprint density at radius 2 is 2.38 bits per heavy atom. The molecule has 0 saturated heterocycles.